The van der Waals surface area contributed by atoms with Crippen molar-refractivity contribution in [1.29, 1.82) is 0 Å². The molecule has 2 heterocycles. The fourth-order valence-electron chi connectivity index (χ4n) is 2.63. The van der Waals surface area contributed by atoms with E-state index in [4.69, 9.17) is 11.6 Å². The number of halogens is 1. The number of aromatic nitrogens is 2. The molecule has 0 radical (unpaired) electrons. The van der Waals surface area contributed by atoms with Crippen LogP contribution in [0, 0.1) is 0 Å². The van der Waals surface area contributed by atoms with Gasteiger partial charge in [0.2, 0.25) is 5.91 Å². The lowest BCUT2D eigenvalue weighted by molar-refractivity contribution is -0.301. The molecule has 2 rings (SSSR count). The van der Waals surface area contributed by atoms with Crippen LogP contribution in [0.1, 0.15) is 26.7 Å². The second-order valence-corrected chi connectivity index (χ2v) is 6.95. The van der Waals surface area contributed by atoms with Gasteiger partial charge in [0.15, 0.2) is 5.16 Å². The maximum absolute atomic E-state index is 12.1. The van der Waals surface area contributed by atoms with E-state index in [0.29, 0.717) is 37.0 Å². The molecule has 0 aliphatic carbocycles. The highest BCUT2D eigenvalue weighted by Gasteiger charge is 2.27. The number of nitrogens with zero attached hydrogens (tertiary/aromatic N) is 4. The van der Waals surface area contributed by atoms with Crippen molar-refractivity contribution in [3.63, 3.8) is 0 Å². The Morgan fingerprint density at radius 3 is 2.79 bits per heavy atom. The quantitative estimate of drug-likeness (QED) is 0.415. The number of carboxylic acids is 1. The van der Waals surface area contributed by atoms with Crippen molar-refractivity contribution < 1.29 is 14.7 Å². The van der Waals surface area contributed by atoms with E-state index < -0.39 is 5.97 Å². The van der Waals surface area contributed by atoms with Crippen molar-refractivity contribution in [3.05, 3.63) is 11.2 Å². The molecule has 1 aliphatic heterocycles. The van der Waals surface area contributed by atoms with E-state index in [2.05, 4.69) is 9.97 Å². The van der Waals surface area contributed by atoms with Gasteiger partial charge in [0.05, 0.1) is 5.97 Å². The number of thioether (sulfide) groups is 1. The monoisotopic (exact) mass is 371 g/mol. The number of anilines is 1. The summed E-state index contributed by atoms with van der Waals surface area (Å²) < 4.78 is 0. The Hall–Kier alpha value is -1.54. The molecule has 1 saturated heterocycles. The third-order valence-corrected chi connectivity index (χ3v) is 4.73. The molecule has 0 unspecified atom stereocenters. The first-order chi connectivity index (χ1) is 11.4. The standard InChI is InChI=1S/C15H21ClN4O3S/c1-3-4-13(21)20-6-5-19(8-10(20)2)12-7-11(16)17-15(18-12)24-9-14(22)23/h7,10H,3-6,8-9H2,1-2H3,(H,22,23)/p-1/t10-/m1/s1. The second kappa shape index (κ2) is 8.53. The molecule has 9 heteroatoms. The first kappa shape index (κ1) is 18.8. The van der Waals surface area contributed by atoms with Gasteiger partial charge in [-0.3, -0.25) is 4.79 Å². The van der Waals surface area contributed by atoms with E-state index in [-0.39, 0.29) is 22.9 Å². The molecule has 1 aromatic rings. The highest BCUT2D eigenvalue weighted by molar-refractivity contribution is 7.99. The van der Waals surface area contributed by atoms with Gasteiger partial charge in [-0.2, -0.15) is 0 Å². The maximum atomic E-state index is 12.1. The number of rotatable bonds is 6. The molecular weight excluding hydrogens is 352 g/mol. The Kier molecular flexibility index (Phi) is 6.68. The van der Waals surface area contributed by atoms with Gasteiger partial charge in [-0.25, -0.2) is 9.97 Å². The zero-order valence-corrected chi connectivity index (χ0v) is 15.3. The van der Waals surface area contributed by atoms with Gasteiger partial charge in [0.25, 0.3) is 0 Å². The maximum Gasteiger partial charge on any atom is 0.222 e. The van der Waals surface area contributed by atoms with Crippen LogP contribution in [0.4, 0.5) is 5.82 Å². The van der Waals surface area contributed by atoms with Gasteiger partial charge in [0.1, 0.15) is 11.0 Å². The molecule has 1 amide bonds. The summed E-state index contributed by atoms with van der Waals surface area (Å²) in [5.74, 6) is -0.585. The summed E-state index contributed by atoms with van der Waals surface area (Å²) in [6.45, 7) is 5.93. The molecule has 132 valence electrons. The first-order valence-corrected chi connectivity index (χ1v) is 9.18. The third-order valence-electron chi connectivity index (χ3n) is 3.72. The number of hydrogen-bond acceptors (Lipinski definition) is 7. The summed E-state index contributed by atoms with van der Waals surface area (Å²) in [5.41, 5.74) is 0. The van der Waals surface area contributed by atoms with Crippen molar-refractivity contribution in [3.8, 4) is 0 Å². The van der Waals surface area contributed by atoms with E-state index >= 15 is 0 Å². The van der Waals surface area contributed by atoms with Gasteiger partial charge in [0, 0.05) is 43.9 Å². The fraction of sp³-hybridized carbons (Fsp3) is 0.600. The fourth-order valence-corrected chi connectivity index (χ4v) is 3.42. The van der Waals surface area contributed by atoms with Crippen LogP contribution in [0.3, 0.4) is 0 Å². The molecule has 0 bridgehead atoms. The number of piperazine rings is 1. The first-order valence-electron chi connectivity index (χ1n) is 7.82. The van der Waals surface area contributed by atoms with Crippen LogP contribution in [0.5, 0.6) is 0 Å². The average Bonchev–Trinajstić information content (AvgIpc) is 2.52. The second-order valence-electron chi connectivity index (χ2n) is 5.62. The molecule has 24 heavy (non-hydrogen) atoms. The van der Waals surface area contributed by atoms with Crippen molar-refractivity contribution >= 4 is 41.1 Å². The summed E-state index contributed by atoms with van der Waals surface area (Å²) in [6, 6.07) is 1.73. The predicted molar refractivity (Wildman–Crippen MR) is 91.1 cm³/mol. The Labute approximate surface area is 150 Å². The molecule has 1 fully saturated rings. The summed E-state index contributed by atoms with van der Waals surface area (Å²) in [6.07, 6.45) is 1.40. The summed E-state index contributed by atoms with van der Waals surface area (Å²) in [5, 5.41) is 11.1. The van der Waals surface area contributed by atoms with Crippen LogP contribution in [-0.2, 0) is 9.59 Å². The lowest BCUT2D eigenvalue weighted by atomic mass is 10.1. The Morgan fingerprint density at radius 1 is 1.42 bits per heavy atom. The Balaban J connectivity index is 2.07. The number of carbonyl (C=O) groups is 2. The Morgan fingerprint density at radius 2 is 2.17 bits per heavy atom. The highest BCUT2D eigenvalue weighted by Crippen LogP contribution is 2.24. The SMILES string of the molecule is CCCC(=O)N1CCN(c2cc(Cl)nc(SCC(=O)[O-])n2)C[C@H]1C. The van der Waals surface area contributed by atoms with E-state index in [1.54, 1.807) is 6.07 Å². The van der Waals surface area contributed by atoms with E-state index in [1.807, 2.05) is 23.6 Å². The van der Waals surface area contributed by atoms with Crippen molar-refractivity contribution in [2.75, 3.05) is 30.3 Å². The molecule has 0 spiro atoms. The topological polar surface area (TPSA) is 89.5 Å². The minimum absolute atomic E-state index is 0.0749. The van der Waals surface area contributed by atoms with Crippen LogP contribution >= 0.6 is 23.4 Å². The van der Waals surface area contributed by atoms with E-state index in [9.17, 15) is 14.7 Å². The van der Waals surface area contributed by atoms with Crippen LogP contribution in [-0.4, -0.2) is 58.2 Å². The van der Waals surface area contributed by atoms with Crippen molar-refractivity contribution in [2.24, 2.45) is 0 Å². The number of carbonyl (C=O) groups excluding carboxylic acids is 2. The summed E-state index contributed by atoms with van der Waals surface area (Å²) in [7, 11) is 0. The van der Waals surface area contributed by atoms with Crippen LogP contribution < -0.4 is 10.0 Å². The van der Waals surface area contributed by atoms with Crippen LogP contribution in [0.2, 0.25) is 5.15 Å². The molecule has 1 aliphatic rings. The van der Waals surface area contributed by atoms with Gasteiger partial charge < -0.3 is 19.7 Å². The number of hydrogen-bond donors (Lipinski definition) is 0. The normalized spacial score (nSPS) is 17.9. The molecular formula is C15H20ClN4O3S-. The Bertz CT molecular complexity index is 616. The molecule has 7 nitrogen and oxygen atoms in total. The minimum Gasteiger partial charge on any atom is -0.549 e. The smallest absolute Gasteiger partial charge is 0.222 e. The average molecular weight is 372 g/mol. The largest absolute Gasteiger partial charge is 0.549 e. The molecule has 0 N–H and O–H groups in total. The van der Waals surface area contributed by atoms with Gasteiger partial charge in [-0.1, -0.05) is 30.3 Å². The van der Waals surface area contributed by atoms with Crippen molar-refractivity contribution in [2.45, 2.75) is 37.9 Å². The van der Waals surface area contributed by atoms with E-state index in [0.717, 1.165) is 18.2 Å². The van der Waals surface area contributed by atoms with Crippen LogP contribution in [0.25, 0.3) is 0 Å². The zero-order chi connectivity index (χ0) is 17.7. The van der Waals surface area contributed by atoms with Gasteiger partial charge in [-0.05, 0) is 13.3 Å². The van der Waals surface area contributed by atoms with Gasteiger partial charge in [-0.15, -0.1) is 0 Å². The lowest BCUT2D eigenvalue weighted by Gasteiger charge is -2.40. The number of aliphatic carboxylic acids is 1. The molecule has 1 aromatic heterocycles. The number of amides is 1. The highest BCUT2D eigenvalue weighted by atomic mass is 35.5. The van der Waals surface area contributed by atoms with Gasteiger partial charge >= 0.3 is 0 Å². The molecule has 0 aromatic carbocycles. The lowest BCUT2D eigenvalue weighted by Crippen LogP contribution is -2.54. The van der Waals surface area contributed by atoms with Crippen LogP contribution in [0.15, 0.2) is 11.2 Å². The zero-order valence-electron chi connectivity index (χ0n) is 13.7. The summed E-state index contributed by atoms with van der Waals surface area (Å²) in [4.78, 5) is 35.0. The van der Waals surface area contributed by atoms with Crippen molar-refractivity contribution in [1.82, 2.24) is 14.9 Å². The number of carboxylic acid groups (broad SMARTS) is 1. The third kappa shape index (κ3) is 4.98. The predicted octanol–water partition coefficient (Wildman–Crippen LogP) is 0.809. The summed E-state index contributed by atoms with van der Waals surface area (Å²) >= 11 is 7.00. The molecule has 0 saturated carbocycles. The molecule has 1 atom stereocenters. The minimum atomic E-state index is -1.18. The van der Waals surface area contributed by atoms with E-state index in [1.165, 1.54) is 0 Å².